The molecule has 0 unspecified atom stereocenters. The molecule has 4 nitrogen and oxygen atoms in total. The standard InChI is InChI=1S/C19H22N2O2S/c1-14-5-4-6-15(9-14)12-24-13-18(22)16-10-17(20-11-16)19(23)21-7-2-3-8-21/h4-6,9-11,20H,2-3,7-8,12-13H2,1H3. The third-order valence-electron chi connectivity index (χ3n) is 4.21. The van der Waals surface area contributed by atoms with Crippen LogP contribution >= 0.6 is 11.8 Å². The largest absolute Gasteiger partial charge is 0.356 e. The Morgan fingerprint density at radius 2 is 2.00 bits per heavy atom. The summed E-state index contributed by atoms with van der Waals surface area (Å²) >= 11 is 1.60. The van der Waals surface area contributed by atoms with Crippen LogP contribution in [0, 0.1) is 6.92 Å². The monoisotopic (exact) mass is 342 g/mol. The molecule has 0 radical (unpaired) electrons. The summed E-state index contributed by atoms with van der Waals surface area (Å²) < 4.78 is 0. The van der Waals surface area contributed by atoms with Crippen LogP contribution in [0.15, 0.2) is 36.5 Å². The number of ketones is 1. The summed E-state index contributed by atoms with van der Waals surface area (Å²) in [5, 5.41) is 0. The maximum atomic E-state index is 12.3. The van der Waals surface area contributed by atoms with Crippen molar-refractivity contribution < 1.29 is 9.59 Å². The van der Waals surface area contributed by atoms with E-state index in [0.717, 1.165) is 31.7 Å². The zero-order valence-corrected chi connectivity index (χ0v) is 14.7. The van der Waals surface area contributed by atoms with Crippen LogP contribution in [0.1, 0.15) is 44.8 Å². The quantitative estimate of drug-likeness (QED) is 0.815. The van der Waals surface area contributed by atoms with Gasteiger partial charge in [0.1, 0.15) is 5.69 Å². The first kappa shape index (κ1) is 16.8. The van der Waals surface area contributed by atoms with Gasteiger partial charge in [0.05, 0.1) is 5.75 Å². The molecular formula is C19H22N2O2S. The van der Waals surface area contributed by atoms with E-state index in [4.69, 9.17) is 0 Å². The molecule has 1 N–H and O–H groups in total. The minimum absolute atomic E-state index is 0.000959. The van der Waals surface area contributed by atoms with Crippen molar-refractivity contribution in [2.75, 3.05) is 18.8 Å². The molecule has 0 bridgehead atoms. The maximum absolute atomic E-state index is 12.3. The Labute approximate surface area is 146 Å². The molecule has 1 aliphatic rings. The van der Waals surface area contributed by atoms with Crippen LogP contribution in [0.3, 0.4) is 0 Å². The normalized spacial score (nSPS) is 14.1. The number of nitrogens with one attached hydrogen (secondary N) is 1. The number of hydrogen-bond donors (Lipinski definition) is 1. The van der Waals surface area contributed by atoms with Crippen molar-refractivity contribution >= 4 is 23.5 Å². The predicted molar refractivity (Wildman–Crippen MR) is 97.6 cm³/mol. The number of thioether (sulfide) groups is 1. The van der Waals surface area contributed by atoms with Crippen molar-refractivity contribution in [3.8, 4) is 0 Å². The summed E-state index contributed by atoms with van der Waals surface area (Å²) in [7, 11) is 0. The Morgan fingerprint density at radius 1 is 1.21 bits per heavy atom. The first-order chi connectivity index (χ1) is 11.6. The number of hydrogen-bond acceptors (Lipinski definition) is 3. The molecule has 2 heterocycles. The Kier molecular flexibility index (Phi) is 5.41. The van der Waals surface area contributed by atoms with Crippen molar-refractivity contribution in [2.24, 2.45) is 0 Å². The topological polar surface area (TPSA) is 53.2 Å². The fourth-order valence-corrected chi connectivity index (χ4v) is 3.79. The van der Waals surface area contributed by atoms with Crippen LogP contribution in [0.2, 0.25) is 0 Å². The molecule has 1 amide bonds. The number of likely N-dealkylation sites (tertiary alicyclic amines) is 1. The second-order valence-electron chi connectivity index (χ2n) is 6.21. The molecule has 1 fully saturated rings. The number of amides is 1. The zero-order chi connectivity index (χ0) is 16.9. The Bertz CT molecular complexity index is 732. The van der Waals surface area contributed by atoms with Gasteiger partial charge in [-0.15, -0.1) is 11.8 Å². The highest BCUT2D eigenvalue weighted by molar-refractivity contribution is 7.99. The molecule has 0 aliphatic carbocycles. The lowest BCUT2D eigenvalue weighted by atomic mass is 10.2. The van der Waals surface area contributed by atoms with E-state index in [9.17, 15) is 9.59 Å². The summed E-state index contributed by atoms with van der Waals surface area (Å²) in [4.78, 5) is 29.4. The summed E-state index contributed by atoms with van der Waals surface area (Å²) in [6.07, 6.45) is 3.78. The fraction of sp³-hybridized carbons (Fsp3) is 0.368. The fourth-order valence-electron chi connectivity index (χ4n) is 2.92. The summed E-state index contributed by atoms with van der Waals surface area (Å²) in [5.41, 5.74) is 3.57. The van der Waals surface area contributed by atoms with Gasteiger partial charge in [-0.1, -0.05) is 29.8 Å². The number of carbonyl (C=O) groups is 2. The Balaban J connectivity index is 1.53. The predicted octanol–water partition coefficient (Wildman–Crippen LogP) is 3.68. The van der Waals surface area contributed by atoms with Gasteiger partial charge in [-0.25, -0.2) is 0 Å². The van der Waals surface area contributed by atoms with E-state index in [1.165, 1.54) is 11.1 Å². The average Bonchev–Trinajstić information content (AvgIpc) is 3.26. The van der Waals surface area contributed by atoms with Gasteiger partial charge < -0.3 is 9.88 Å². The number of aromatic nitrogens is 1. The van der Waals surface area contributed by atoms with Crippen LogP contribution in [0.5, 0.6) is 0 Å². The number of carbonyl (C=O) groups excluding carboxylic acids is 2. The number of benzene rings is 1. The van der Waals surface area contributed by atoms with Crippen molar-refractivity contribution in [2.45, 2.75) is 25.5 Å². The molecule has 0 saturated carbocycles. The second-order valence-corrected chi connectivity index (χ2v) is 7.19. The van der Waals surface area contributed by atoms with Crippen molar-refractivity contribution in [1.29, 1.82) is 0 Å². The van der Waals surface area contributed by atoms with Crippen LogP contribution in [0.25, 0.3) is 0 Å². The minimum atomic E-state index is -0.000959. The number of aromatic amines is 1. The van der Waals surface area contributed by atoms with Gasteiger partial charge in [-0.05, 0) is 31.4 Å². The van der Waals surface area contributed by atoms with E-state index in [2.05, 4.69) is 30.1 Å². The molecular weight excluding hydrogens is 320 g/mol. The lowest BCUT2D eigenvalue weighted by molar-refractivity contribution is 0.0787. The van der Waals surface area contributed by atoms with E-state index in [1.54, 1.807) is 24.0 Å². The van der Waals surface area contributed by atoms with E-state index in [1.807, 2.05) is 11.0 Å². The zero-order valence-electron chi connectivity index (χ0n) is 13.9. The van der Waals surface area contributed by atoms with Gasteiger partial charge in [0.25, 0.3) is 5.91 Å². The molecule has 2 aromatic rings. The van der Waals surface area contributed by atoms with Crippen molar-refractivity contribution in [3.63, 3.8) is 0 Å². The van der Waals surface area contributed by atoms with Gasteiger partial charge in [0.15, 0.2) is 5.78 Å². The molecule has 5 heteroatoms. The Morgan fingerprint density at radius 3 is 2.75 bits per heavy atom. The number of Topliss-reactive ketones (excluding diaryl/α,β-unsaturated/α-hetero) is 1. The SMILES string of the molecule is Cc1cccc(CSCC(=O)c2c[nH]c(C(=O)N3CCCC3)c2)c1. The molecule has 1 saturated heterocycles. The van der Waals surface area contributed by atoms with Crippen molar-refractivity contribution in [3.05, 3.63) is 58.9 Å². The maximum Gasteiger partial charge on any atom is 0.270 e. The van der Waals surface area contributed by atoms with Gasteiger partial charge >= 0.3 is 0 Å². The highest BCUT2D eigenvalue weighted by Gasteiger charge is 2.21. The van der Waals surface area contributed by atoms with Gasteiger partial charge in [0, 0.05) is 30.6 Å². The van der Waals surface area contributed by atoms with Gasteiger partial charge in [-0.2, -0.15) is 0 Å². The number of rotatable bonds is 6. The van der Waals surface area contributed by atoms with Gasteiger partial charge in [-0.3, -0.25) is 9.59 Å². The van der Waals surface area contributed by atoms with Crippen LogP contribution < -0.4 is 0 Å². The second kappa shape index (κ2) is 7.71. The molecule has 3 rings (SSSR count). The minimum Gasteiger partial charge on any atom is -0.356 e. The lowest BCUT2D eigenvalue weighted by Gasteiger charge is -2.13. The molecule has 24 heavy (non-hydrogen) atoms. The number of H-pyrrole nitrogens is 1. The summed E-state index contributed by atoms with van der Waals surface area (Å²) in [5.74, 6) is 1.30. The molecule has 1 aromatic heterocycles. The smallest absolute Gasteiger partial charge is 0.270 e. The third kappa shape index (κ3) is 4.09. The summed E-state index contributed by atoms with van der Waals surface area (Å²) in [6, 6.07) is 10.0. The first-order valence-electron chi connectivity index (χ1n) is 8.27. The Hall–Kier alpha value is -2.01. The highest BCUT2D eigenvalue weighted by atomic mass is 32.2. The first-order valence-corrected chi connectivity index (χ1v) is 9.43. The highest BCUT2D eigenvalue weighted by Crippen LogP contribution is 2.17. The lowest BCUT2D eigenvalue weighted by Crippen LogP contribution is -2.27. The van der Waals surface area contributed by atoms with E-state index < -0.39 is 0 Å². The van der Waals surface area contributed by atoms with Crippen LogP contribution in [0.4, 0.5) is 0 Å². The van der Waals surface area contributed by atoms with Crippen LogP contribution in [-0.4, -0.2) is 40.4 Å². The van der Waals surface area contributed by atoms with Gasteiger partial charge in [0.2, 0.25) is 0 Å². The van der Waals surface area contributed by atoms with Crippen molar-refractivity contribution in [1.82, 2.24) is 9.88 Å². The molecule has 0 atom stereocenters. The third-order valence-corrected chi connectivity index (χ3v) is 5.22. The van der Waals surface area contributed by atoms with E-state index in [-0.39, 0.29) is 11.7 Å². The average molecular weight is 342 g/mol. The van der Waals surface area contributed by atoms with E-state index in [0.29, 0.717) is 17.0 Å². The summed E-state index contributed by atoms with van der Waals surface area (Å²) in [6.45, 7) is 3.69. The van der Waals surface area contributed by atoms with E-state index >= 15 is 0 Å². The molecule has 0 spiro atoms. The number of nitrogens with zero attached hydrogens (tertiary/aromatic N) is 1. The number of aryl methyl sites for hydroxylation is 1. The van der Waals surface area contributed by atoms with Crippen LogP contribution in [-0.2, 0) is 5.75 Å². The molecule has 1 aromatic carbocycles. The molecule has 126 valence electrons. The molecule has 1 aliphatic heterocycles.